The molecule has 5 rings (SSSR count). The number of carbonyl (C=O) groups is 1. The number of rotatable bonds is 6. The summed E-state index contributed by atoms with van der Waals surface area (Å²) >= 11 is 0. The molecule has 3 aromatic rings. The van der Waals surface area contributed by atoms with Gasteiger partial charge in [0.1, 0.15) is 0 Å². The van der Waals surface area contributed by atoms with Gasteiger partial charge in [-0.2, -0.15) is 0 Å². The lowest BCUT2D eigenvalue weighted by Crippen LogP contribution is -2.47. The highest BCUT2D eigenvalue weighted by Crippen LogP contribution is 2.48. The fourth-order valence-corrected chi connectivity index (χ4v) is 5.60. The maximum atomic E-state index is 13.3. The number of pyridine rings is 2. The first-order chi connectivity index (χ1) is 16.1. The molecule has 4 heterocycles. The molecule has 2 N–H and O–H groups in total. The van der Waals surface area contributed by atoms with Crippen LogP contribution in [0.2, 0.25) is 0 Å². The lowest BCUT2D eigenvalue weighted by Gasteiger charge is -2.27. The molecule has 7 heteroatoms. The lowest BCUT2D eigenvalue weighted by atomic mass is 9.88. The van der Waals surface area contributed by atoms with Crippen LogP contribution in [0.1, 0.15) is 17.3 Å². The van der Waals surface area contributed by atoms with Crippen LogP contribution in [-0.2, 0) is 17.8 Å². The zero-order valence-corrected chi connectivity index (χ0v) is 18.6. The maximum Gasteiger partial charge on any atom is 0.258 e. The third-order valence-corrected chi connectivity index (χ3v) is 7.17. The quantitative estimate of drug-likeness (QED) is 0.606. The standard InChI is InChI=1S/C26H28N4O3/c1-29-23-20(15-30-22(23)8-7-19(26(30)33)18-10-12-27-13-11-18)21(16-31)24(29)25(32)28-14-9-17-5-3-2-4-6-17/h2-8,10-13,20-21,23-24,31H,9,14-16H2,1H3,(H,28,32)/t20-,21-,23+,24-/m0/s1. The Morgan fingerprint density at radius 1 is 1.12 bits per heavy atom. The van der Waals surface area contributed by atoms with Gasteiger partial charge in [-0.25, -0.2) is 0 Å². The summed E-state index contributed by atoms with van der Waals surface area (Å²) in [6.45, 7) is 0.954. The number of nitrogens with zero attached hydrogens (tertiary/aromatic N) is 3. The monoisotopic (exact) mass is 444 g/mol. The van der Waals surface area contributed by atoms with E-state index in [1.165, 1.54) is 5.56 Å². The van der Waals surface area contributed by atoms with E-state index in [1.807, 2.05) is 71.1 Å². The van der Waals surface area contributed by atoms with Gasteiger partial charge in [0.2, 0.25) is 5.91 Å². The summed E-state index contributed by atoms with van der Waals surface area (Å²) in [6.07, 6.45) is 4.12. The van der Waals surface area contributed by atoms with E-state index in [0.29, 0.717) is 18.7 Å². The molecule has 1 amide bonds. The first kappa shape index (κ1) is 21.6. The fraction of sp³-hybridized carbons (Fsp3) is 0.346. The van der Waals surface area contributed by atoms with Crippen LogP contribution < -0.4 is 10.9 Å². The van der Waals surface area contributed by atoms with Crippen molar-refractivity contribution >= 4 is 5.91 Å². The molecule has 2 aliphatic heterocycles. The van der Waals surface area contributed by atoms with Crippen molar-refractivity contribution in [3.8, 4) is 11.1 Å². The molecule has 0 radical (unpaired) electrons. The Bertz CT molecular complexity index is 1200. The van der Waals surface area contributed by atoms with Crippen molar-refractivity contribution in [1.82, 2.24) is 19.8 Å². The predicted molar refractivity (Wildman–Crippen MR) is 125 cm³/mol. The minimum atomic E-state index is -0.426. The van der Waals surface area contributed by atoms with Crippen molar-refractivity contribution in [3.05, 3.63) is 88.6 Å². The molecule has 0 unspecified atom stereocenters. The van der Waals surface area contributed by atoms with Crippen LogP contribution >= 0.6 is 0 Å². The van der Waals surface area contributed by atoms with Gasteiger partial charge < -0.3 is 15.0 Å². The van der Waals surface area contributed by atoms with Gasteiger partial charge in [-0.05, 0) is 48.9 Å². The van der Waals surface area contributed by atoms with Crippen molar-refractivity contribution in [2.75, 3.05) is 20.2 Å². The Hall–Kier alpha value is -3.29. The van der Waals surface area contributed by atoms with Crippen molar-refractivity contribution in [2.45, 2.75) is 25.0 Å². The molecule has 0 saturated carbocycles. The minimum absolute atomic E-state index is 0.00487. The van der Waals surface area contributed by atoms with Crippen LogP contribution in [0.4, 0.5) is 0 Å². The molecular weight excluding hydrogens is 416 g/mol. The van der Waals surface area contributed by atoms with Crippen LogP contribution in [-0.4, -0.2) is 51.7 Å². The molecule has 0 spiro atoms. The summed E-state index contributed by atoms with van der Waals surface area (Å²) in [5, 5.41) is 13.3. The number of aliphatic hydroxyl groups excluding tert-OH is 1. The Morgan fingerprint density at radius 3 is 2.61 bits per heavy atom. The smallest absolute Gasteiger partial charge is 0.258 e. The van der Waals surface area contributed by atoms with E-state index >= 15 is 0 Å². The highest BCUT2D eigenvalue weighted by molar-refractivity contribution is 5.82. The van der Waals surface area contributed by atoms with E-state index in [-0.39, 0.29) is 36.0 Å². The van der Waals surface area contributed by atoms with Gasteiger partial charge in [-0.1, -0.05) is 30.3 Å². The number of benzene rings is 1. The van der Waals surface area contributed by atoms with E-state index < -0.39 is 6.04 Å². The Morgan fingerprint density at radius 2 is 1.88 bits per heavy atom. The molecule has 4 atom stereocenters. The first-order valence-corrected chi connectivity index (χ1v) is 11.4. The van der Waals surface area contributed by atoms with Crippen molar-refractivity contribution in [1.29, 1.82) is 0 Å². The van der Waals surface area contributed by atoms with Crippen LogP contribution in [0.3, 0.4) is 0 Å². The number of nitrogens with one attached hydrogen (secondary N) is 1. The third kappa shape index (κ3) is 3.77. The van der Waals surface area contributed by atoms with E-state index in [4.69, 9.17) is 0 Å². The average molecular weight is 445 g/mol. The van der Waals surface area contributed by atoms with Crippen molar-refractivity contribution in [2.24, 2.45) is 11.8 Å². The predicted octanol–water partition coefficient (Wildman–Crippen LogP) is 1.86. The zero-order valence-electron chi connectivity index (χ0n) is 18.6. The van der Waals surface area contributed by atoms with Gasteiger partial charge in [0.15, 0.2) is 0 Å². The minimum Gasteiger partial charge on any atom is -0.396 e. The van der Waals surface area contributed by atoms with E-state index in [2.05, 4.69) is 10.3 Å². The summed E-state index contributed by atoms with van der Waals surface area (Å²) in [6, 6.07) is 17.1. The van der Waals surface area contributed by atoms with E-state index in [1.54, 1.807) is 12.4 Å². The third-order valence-electron chi connectivity index (χ3n) is 7.17. The fourth-order valence-electron chi connectivity index (χ4n) is 5.60. The van der Waals surface area contributed by atoms with Crippen LogP contribution in [0.15, 0.2) is 71.8 Å². The zero-order chi connectivity index (χ0) is 22.9. The summed E-state index contributed by atoms with van der Waals surface area (Å²) in [5.74, 6) is -0.296. The van der Waals surface area contributed by atoms with E-state index in [0.717, 1.165) is 17.7 Å². The largest absolute Gasteiger partial charge is 0.396 e. The molecule has 2 aliphatic rings. The molecule has 0 bridgehead atoms. The maximum absolute atomic E-state index is 13.3. The number of likely N-dealkylation sites (tertiary alicyclic amines) is 1. The normalized spacial score (nSPS) is 23.8. The van der Waals surface area contributed by atoms with Crippen LogP contribution in [0.25, 0.3) is 11.1 Å². The van der Waals surface area contributed by atoms with Gasteiger partial charge in [0.25, 0.3) is 5.56 Å². The molecular formula is C26H28N4O3. The van der Waals surface area contributed by atoms with Crippen molar-refractivity contribution in [3.63, 3.8) is 0 Å². The average Bonchev–Trinajstić information content (AvgIpc) is 3.36. The van der Waals surface area contributed by atoms with Gasteiger partial charge in [-0.15, -0.1) is 0 Å². The molecule has 1 aromatic carbocycles. The number of aliphatic hydroxyl groups is 1. The van der Waals surface area contributed by atoms with Gasteiger partial charge in [-0.3, -0.25) is 19.5 Å². The second kappa shape index (κ2) is 8.92. The van der Waals surface area contributed by atoms with Crippen LogP contribution in [0.5, 0.6) is 0 Å². The van der Waals surface area contributed by atoms with Gasteiger partial charge >= 0.3 is 0 Å². The SMILES string of the molecule is CN1[C@H](C(=O)NCCc2ccccc2)[C@@H](CO)[C@@H]2Cn3c(ccc(-c4ccncc4)c3=O)[C@@H]21. The summed E-state index contributed by atoms with van der Waals surface area (Å²) in [4.78, 5) is 32.5. The molecule has 0 aliphatic carbocycles. The number of hydrogen-bond donors (Lipinski definition) is 2. The second-order valence-corrected chi connectivity index (χ2v) is 8.92. The molecule has 1 fully saturated rings. The highest BCUT2D eigenvalue weighted by Gasteiger charge is 2.54. The number of likely N-dealkylation sites (N-methyl/N-ethyl adjacent to an activating group) is 1. The molecule has 2 aromatic heterocycles. The second-order valence-electron chi connectivity index (χ2n) is 8.92. The Balaban J connectivity index is 1.36. The van der Waals surface area contributed by atoms with Gasteiger partial charge in [0.05, 0.1) is 12.1 Å². The number of amides is 1. The first-order valence-electron chi connectivity index (χ1n) is 11.4. The summed E-state index contributed by atoms with van der Waals surface area (Å²) in [7, 11) is 1.92. The number of fused-ring (bicyclic) bond motifs is 3. The molecule has 1 saturated heterocycles. The summed E-state index contributed by atoms with van der Waals surface area (Å²) < 4.78 is 1.81. The topological polar surface area (TPSA) is 87.5 Å². The Kier molecular flexibility index (Phi) is 5.83. The lowest BCUT2D eigenvalue weighted by molar-refractivity contribution is -0.127. The number of carbonyl (C=O) groups excluding carboxylic acids is 1. The number of hydrogen-bond acceptors (Lipinski definition) is 5. The molecule has 170 valence electrons. The van der Waals surface area contributed by atoms with E-state index in [9.17, 15) is 14.7 Å². The van der Waals surface area contributed by atoms with Crippen LogP contribution in [0, 0.1) is 11.8 Å². The van der Waals surface area contributed by atoms with Crippen molar-refractivity contribution < 1.29 is 9.90 Å². The summed E-state index contributed by atoms with van der Waals surface area (Å²) in [5.41, 5.74) is 3.52. The highest BCUT2D eigenvalue weighted by atomic mass is 16.3. The molecule has 33 heavy (non-hydrogen) atoms. The van der Waals surface area contributed by atoms with Gasteiger partial charge in [0, 0.05) is 55.2 Å². The molecule has 7 nitrogen and oxygen atoms in total. The number of aromatic nitrogens is 2. The Labute approximate surface area is 192 Å².